The molecule has 128 valence electrons. The number of benzene rings is 1. The average molecular weight is 341 g/mol. The Kier molecular flexibility index (Phi) is 8.06. The molecule has 5 nitrogen and oxygen atoms in total. The van der Waals surface area contributed by atoms with Gasteiger partial charge in [0.2, 0.25) is 0 Å². The molecule has 3 N–H and O–H groups in total. The summed E-state index contributed by atoms with van der Waals surface area (Å²) in [5.41, 5.74) is 2.39. The Hall–Kier alpha value is -1.59. The number of hydrogen-bond acceptors (Lipinski definition) is 3. The first-order valence-corrected chi connectivity index (χ1v) is 8.39. The van der Waals surface area contributed by atoms with Crippen LogP contribution in [-0.2, 0) is 22.4 Å². The minimum atomic E-state index is -0.715. The van der Waals surface area contributed by atoms with Crippen LogP contribution in [0.1, 0.15) is 44.7 Å². The lowest BCUT2D eigenvalue weighted by molar-refractivity contribution is -0.136. The van der Waals surface area contributed by atoms with Gasteiger partial charge in [-0.2, -0.15) is 0 Å². The van der Waals surface area contributed by atoms with Gasteiger partial charge in [-0.15, -0.1) is 0 Å². The molecule has 0 spiro atoms. The Balaban J connectivity index is 2.92. The highest BCUT2D eigenvalue weighted by Crippen LogP contribution is 2.29. The molecule has 0 heterocycles. The number of carbonyl (C=O) groups is 2. The molecular formula is C17H25ClN2O3. The van der Waals surface area contributed by atoms with Crippen LogP contribution in [-0.4, -0.2) is 29.6 Å². The zero-order chi connectivity index (χ0) is 17.4. The molecule has 1 aromatic rings. The fourth-order valence-electron chi connectivity index (χ4n) is 2.42. The van der Waals surface area contributed by atoms with Crippen molar-refractivity contribution in [1.82, 2.24) is 5.32 Å². The first-order valence-electron chi connectivity index (χ1n) is 8.01. The molecule has 0 saturated carbocycles. The van der Waals surface area contributed by atoms with E-state index in [2.05, 4.69) is 10.6 Å². The number of aliphatic hydroxyl groups excluding tert-OH is 1. The van der Waals surface area contributed by atoms with Gasteiger partial charge in [-0.05, 0) is 42.9 Å². The van der Waals surface area contributed by atoms with Crippen LogP contribution in [0.2, 0.25) is 5.02 Å². The van der Waals surface area contributed by atoms with Gasteiger partial charge < -0.3 is 15.7 Å². The van der Waals surface area contributed by atoms with Gasteiger partial charge in [-0.1, -0.05) is 38.4 Å². The summed E-state index contributed by atoms with van der Waals surface area (Å²) in [6.45, 7) is 5.78. The molecule has 1 rings (SSSR count). The van der Waals surface area contributed by atoms with Crippen LogP contribution in [0.4, 0.5) is 5.69 Å². The molecule has 0 bridgehead atoms. The minimum absolute atomic E-state index is 0.0331. The fourth-order valence-corrected chi connectivity index (χ4v) is 2.71. The largest absolute Gasteiger partial charge is 0.396 e. The summed E-state index contributed by atoms with van der Waals surface area (Å²) in [5, 5.41) is 14.9. The molecule has 6 heteroatoms. The summed E-state index contributed by atoms with van der Waals surface area (Å²) in [6, 6.07) is 3.45. The Bertz CT molecular complexity index is 561. The number of rotatable bonds is 7. The number of nitrogens with one attached hydrogen (secondary N) is 2. The molecule has 0 aliphatic heterocycles. The van der Waals surface area contributed by atoms with E-state index in [9.17, 15) is 9.59 Å². The second kappa shape index (κ2) is 9.53. The summed E-state index contributed by atoms with van der Waals surface area (Å²) >= 11 is 6.19. The third-order valence-corrected chi connectivity index (χ3v) is 4.18. The first kappa shape index (κ1) is 19.5. The van der Waals surface area contributed by atoms with Crippen molar-refractivity contribution >= 4 is 29.1 Å². The van der Waals surface area contributed by atoms with E-state index in [-0.39, 0.29) is 12.6 Å². The van der Waals surface area contributed by atoms with Gasteiger partial charge in [0.15, 0.2) is 0 Å². The maximum Gasteiger partial charge on any atom is 0.313 e. The maximum absolute atomic E-state index is 12.2. The van der Waals surface area contributed by atoms with Crippen molar-refractivity contribution in [2.24, 2.45) is 0 Å². The van der Waals surface area contributed by atoms with E-state index >= 15 is 0 Å². The lowest BCUT2D eigenvalue weighted by atomic mass is 10.0. The van der Waals surface area contributed by atoms with Crippen molar-refractivity contribution in [3.63, 3.8) is 0 Å². The summed E-state index contributed by atoms with van der Waals surface area (Å²) in [4.78, 5) is 24.2. The van der Waals surface area contributed by atoms with Crippen molar-refractivity contribution in [3.8, 4) is 0 Å². The standard InChI is InChI=1S/C17H25ClN2O3/c1-4-11-7-8-14(18)13(6-3)15(11)20-17(23)16(22)19-12(5-2)9-10-21/h7-8,12,21H,4-6,9-10H2,1-3H3,(H,19,22)(H,20,23). The van der Waals surface area contributed by atoms with Crippen LogP contribution in [0.3, 0.4) is 0 Å². The Morgan fingerprint density at radius 3 is 2.39 bits per heavy atom. The smallest absolute Gasteiger partial charge is 0.313 e. The second-order valence-corrected chi connectivity index (χ2v) is 5.72. The lowest BCUT2D eigenvalue weighted by Gasteiger charge is -2.18. The van der Waals surface area contributed by atoms with E-state index in [1.807, 2.05) is 32.9 Å². The monoisotopic (exact) mass is 340 g/mol. The lowest BCUT2D eigenvalue weighted by Crippen LogP contribution is -2.42. The normalized spacial score (nSPS) is 11.9. The highest BCUT2D eigenvalue weighted by Gasteiger charge is 2.20. The molecule has 0 radical (unpaired) electrons. The molecular weight excluding hydrogens is 316 g/mol. The number of aliphatic hydroxyl groups is 1. The van der Waals surface area contributed by atoms with Gasteiger partial charge in [0.05, 0.1) is 0 Å². The number of carbonyl (C=O) groups excluding carboxylic acids is 2. The molecule has 0 fully saturated rings. The predicted molar refractivity (Wildman–Crippen MR) is 92.8 cm³/mol. The first-order chi connectivity index (χ1) is 11.0. The van der Waals surface area contributed by atoms with Crippen LogP contribution in [0.15, 0.2) is 12.1 Å². The van der Waals surface area contributed by atoms with Crippen LogP contribution in [0, 0.1) is 0 Å². The van der Waals surface area contributed by atoms with Gasteiger partial charge in [-0.3, -0.25) is 9.59 Å². The number of aryl methyl sites for hydroxylation is 1. The van der Waals surface area contributed by atoms with Crippen LogP contribution in [0.25, 0.3) is 0 Å². The molecule has 1 unspecified atom stereocenters. The SMILES string of the molecule is CCc1ccc(Cl)c(CC)c1NC(=O)C(=O)NC(CC)CCO. The van der Waals surface area contributed by atoms with Crippen molar-refractivity contribution in [2.75, 3.05) is 11.9 Å². The number of anilines is 1. The van der Waals surface area contributed by atoms with Crippen molar-refractivity contribution < 1.29 is 14.7 Å². The van der Waals surface area contributed by atoms with Gasteiger partial charge in [0.1, 0.15) is 0 Å². The van der Waals surface area contributed by atoms with Gasteiger partial charge >= 0.3 is 11.8 Å². The molecule has 1 atom stereocenters. The fraction of sp³-hybridized carbons (Fsp3) is 0.529. The van der Waals surface area contributed by atoms with Gasteiger partial charge in [0, 0.05) is 23.4 Å². The van der Waals surface area contributed by atoms with Crippen molar-refractivity contribution in [2.45, 2.75) is 52.5 Å². The van der Waals surface area contributed by atoms with Crippen LogP contribution >= 0.6 is 11.6 Å². The van der Waals surface area contributed by atoms with Crippen molar-refractivity contribution in [3.05, 3.63) is 28.3 Å². The summed E-state index contributed by atoms with van der Waals surface area (Å²) < 4.78 is 0. The van der Waals surface area contributed by atoms with Gasteiger partial charge in [0.25, 0.3) is 0 Å². The molecule has 0 aliphatic rings. The van der Waals surface area contributed by atoms with E-state index in [0.717, 1.165) is 17.5 Å². The maximum atomic E-state index is 12.2. The second-order valence-electron chi connectivity index (χ2n) is 5.31. The number of amides is 2. The van der Waals surface area contributed by atoms with Gasteiger partial charge in [-0.25, -0.2) is 0 Å². The van der Waals surface area contributed by atoms with E-state index in [1.165, 1.54) is 0 Å². The third-order valence-electron chi connectivity index (χ3n) is 3.83. The third kappa shape index (κ3) is 5.22. The molecule has 0 saturated heterocycles. The molecule has 23 heavy (non-hydrogen) atoms. The summed E-state index contributed by atoms with van der Waals surface area (Å²) in [6.07, 6.45) is 2.46. The number of hydrogen-bond donors (Lipinski definition) is 3. The quantitative estimate of drug-likeness (QED) is 0.668. The Labute approximate surface area is 142 Å². The zero-order valence-corrected chi connectivity index (χ0v) is 14.7. The van der Waals surface area contributed by atoms with E-state index < -0.39 is 11.8 Å². The van der Waals surface area contributed by atoms with Crippen molar-refractivity contribution in [1.29, 1.82) is 0 Å². The van der Waals surface area contributed by atoms with E-state index in [1.54, 1.807) is 0 Å². The average Bonchev–Trinajstić information content (AvgIpc) is 2.54. The molecule has 2 amide bonds. The molecule has 0 aromatic heterocycles. The molecule has 1 aromatic carbocycles. The van der Waals surface area contributed by atoms with Crippen LogP contribution < -0.4 is 10.6 Å². The highest BCUT2D eigenvalue weighted by atomic mass is 35.5. The Morgan fingerprint density at radius 2 is 1.87 bits per heavy atom. The molecule has 0 aliphatic carbocycles. The summed E-state index contributed by atoms with van der Waals surface area (Å²) in [5.74, 6) is -1.41. The number of halogens is 1. The summed E-state index contributed by atoms with van der Waals surface area (Å²) in [7, 11) is 0. The predicted octanol–water partition coefficient (Wildman–Crippen LogP) is 2.68. The Morgan fingerprint density at radius 1 is 1.17 bits per heavy atom. The minimum Gasteiger partial charge on any atom is -0.396 e. The zero-order valence-electron chi connectivity index (χ0n) is 13.9. The van der Waals surface area contributed by atoms with E-state index in [4.69, 9.17) is 16.7 Å². The topological polar surface area (TPSA) is 78.4 Å². The van der Waals surface area contributed by atoms with Crippen LogP contribution in [0.5, 0.6) is 0 Å². The van der Waals surface area contributed by atoms with E-state index in [0.29, 0.717) is 30.0 Å². The highest BCUT2D eigenvalue weighted by molar-refractivity contribution is 6.40.